The second-order valence-corrected chi connectivity index (χ2v) is 7.08. The molecule has 0 bridgehead atoms. The Morgan fingerprint density at radius 3 is 2.46 bits per heavy atom. The van der Waals surface area contributed by atoms with Gasteiger partial charge in [-0.1, -0.05) is 12.1 Å². The van der Waals surface area contributed by atoms with Gasteiger partial charge in [0, 0.05) is 38.8 Å². The normalized spacial score (nSPS) is 17.4. The lowest BCUT2D eigenvalue weighted by Gasteiger charge is -2.36. The first-order chi connectivity index (χ1) is 13.2. The quantitative estimate of drug-likeness (QED) is 0.355. The lowest BCUT2D eigenvalue weighted by Crippen LogP contribution is -2.54. The zero-order chi connectivity index (χ0) is 19.1. The average molecular weight is 496 g/mol. The zero-order valence-electron chi connectivity index (χ0n) is 16.4. The first-order valence-corrected chi connectivity index (χ1v) is 9.72. The molecular weight excluding hydrogens is 467 g/mol. The van der Waals surface area contributed by atoms with Gasteiger partial charge >= 0.3 is 0 Å². The largest absolute Gasteiger partial charge is 0.357 e. The van der Waals surface area contributed by atoms with E-state index in [-0.39, 0.29) is 29.9 Å². The maximum absolute atomic E-state index is 12.0. The molecule has 152 valence electrons. The molecule has 0 radical (unpaired) electrons. The van der Waals surface area contributed by atoms with Gasteiger partial charge in [0.15, 0.2) is 5.96 Å². The molecule has 1 aromatic carbocycles. The summed E-state index contributed by atoms with van der Waals surface area (Å²) < 4.78 is 0. The zero-order valence-corrected chi connectivity index (χ0v) is 18.7. The molecule has 2 N–H and O–H groups in total. The van der Waals surface area contributed by atoms with Crippen LogP contribution in [0.25, 0.3) is 0 Å². The first-order valence-electron chi connectivity index (χ1n) is 9.72. The van der Waals surface area contributed by atoms with Crippen LogP contribution >= 0.6 is 24.0 Å². The van der Waals surface area contributed by atoms with Crippen molar-refractivity contribution in [1.82, 2.24) is 20.4 Å². The highest BCUT2D eigenvalue weighted by Crippen LogP contribution is 2.18. The summed E-state index contributed by atoms with van der Waals surface area (Å²) >= 11 is 0. The Kier molecular flexibility index (Phi) is 8.99. The van der Waals surface area contributed by atoms with Crippen LogP contribution in [0.4, 0.5) is 0 Å². The van der Waals surface area contributed by atoms with Gasteiger partial charge in [0.25, 0.3) is 0 Å². The molecule has 3 rings (SSSR count). The minimum Gasteiger partial charge on any atom is -0.357 e. The number of carbonyl (C=O) groups is 1. The van der Waals surface area contributed by atoms with Gasteiger partial charge in [-0.25, -0.2) is 4.99 Å². The molecular formula is C20H29IN6O. The summed E-state index contributed by atoms with van der Waals surface area (Å²) in [6.45, 7) is 7.39. The molecule has 1 saturated carbocycles. The van der Waals surface area contributed by atoms with E-state index >= 15 is 0 Å². The van der Waals surface area contributed by atoms with E-state index in [0.717, 1.165) is 57.1 Å². The molecule has 2 aliphatic rings. The van der Waals surface area contributed by atoms with E-state index in [1.807, 2.05) is 24.3 Å². The third kappa shape index (κ3) is 6.95. The predicted octanol–water partition coefficient (Wildman–Crippen LogP) is 1.54. The van der Waals surface area contributed by atoms with Crippen molar-refractivity contribution in [2.24, 2.45) is 4.99 Å². The van der Waals surface area contributed by atoms with Crippen LogP contribution in [0.5, 0.6) is 0 Å². The fourth-order valence-electron chi connectivity index (χ4n) is 3.10. The number of nitriles is 1. The smallest absolute Gasteiger partial charge is 0.234 e. The van der Waals surface area contributed by atoms with Gasteiger partial charge in [-0.3, -0.25) is 9.69 Å². The topological polar surface area (TPSA) is 83.8 Å². The van der Waals surface area contributed by atoms with Crippen molar-refractivity contribution in [3.05, 3.63) is 35.4 Å². The van der Waals surface area contributed by atoms with Crippen molar-refractivity contribution in [3.63, 3.8) is 0 Å². The molecule has 1 aromatic rings. The van der Waals surface area contributed by atoms with Crippen LogP contribution in [0.3, 0.4) is 0 Å². The summed E-state index contributed by atoms with van der Waals surface area (Å²) in [6, 6.07) is 10.1. The molecule has 1 saturated heterocycles. The SMILES string of the molecule is CCNC(=NCc1ccc(C#N)cc1)N1CCN(CC(=O)NC2CC2)CC1.I. The number of aliphatic imine (C=N–C) groups is 1. The van der Waals surface area contributed by atoms with Gasteiger partial charge in [0.05, 0.1) is 24.7 Å². The Morgan fingerprint density at radius 2 is 1.89 bits per heavy atom. The van der Waals surface area contributed by atoms with E-state index < -0.39 is 0 Å². The van der Waals surface area contributed by atoms with Crippen LogP contribution in [-0.2, 0) is 11.3 Å². The minimum atomic E-state index is 0. The molecule has 0 atom stereocenters. The lowest BCUT2D eigenvalue weighted by molar-refractivity contribution is -0.122. The van der Waals surface area contributed by atoms with Gasteiger partial charge in [-0.15, -0.1) is 24.0 Å². The Morgan fingerprint density at radius 1 is 1.21 bits per heavy atom. The second kappa shape index (κ2) is 11.2. The number of halogens is 1. The van der Waals surface area contributed by atoms with E-state index in [4.69, 9.17) is 10.3 Å². The third-order valence-corrected chi connectivity index (χ3v) is 4.81. The molecule has 7 nitrogen and oxygen atoms in total. The van der Waals surface area contributed by atoms with E-state index in [0.29, 0.717) is 24.7 Å². The number of guanidine groups is 1. The standard InChI is InChI=1S/C20H28N6O.HI/c1-2-22-20(23-14-17-5-3-16(13-21)4-6-17)26-11-9-25(10-12-26)15-19(27)24-18-7-8-18;/h3-6,18H,2,7-12,14-15H2,1H3,(H,22,23)(H,24,27);1H. The van der Waals surface area contributed by atoms with Gasteiger partial charge in [0.1, 0.15) is 0 Å². The lowest BCUT2D eigenvalue weighted by atomic mass is 10.1. The number of benzene rings is 1. The summed E-state index contributed by atoms with van der Waals surface area (Å²) in [4.78, 5) is 21.2. The number of hydrogen-bond acceptors (Lipinski definition) is 4. The molecule has 1 aliphatic carbocycles. The molecule has 1 aliphatic heterocycles. The number of nitrogens with zero attached hydrogens (tertiary/aromatic N) is 4. The highest BCUT2D eigenvalue weighted by molar-refractivity contribution is 14.0. The van der Waals surface area contributed by atoms with Crippen LogP contribution in [0.2, 0.25) is 0 Å². The summed E-state index contributed by atoms with van der Waals surface area (Å²) in [5.74, 6) is 1.05. The van der Waals surface area contributed by atoms with Gasteiger partial charge < -0.3 is 15.5 Å². The minimum absolute atomic E-state index is 0. The molecule has 0 spiro atoms. The number of amides is 1. The van der Waals surface area contributed by atoms with Crippen molar-refractivity contribution in [2.45, 2.75) is 32.4 Å². The molecule has 0 unspecified atom stereocenters. The summed E-state index contributed by atoms with van der Waals surface area (Å²) in [5, 5.41) is 15.3. The number of piperazine rings is 1. The monoisotopic (exact) mass is 496 g/mol. The maximum Gasteiger partial charge on any atom is 0.234 e. The van der Waals surface area contributed by atoms with Crippen LogP contribution in [0, 0.1) is 11.3 Å². The molecule has 1 amide bonds. The number of carbonyl (C=O) groups excluding carboxylic acids is 1. The third-order valence-electron chi connectivity index (χ3n) is 4.81. The first kappa shape index (κ1) is 22.4. The summed E-state index contributed by atoms with van der Waals surface area (Å²) in [6.07, 6.45) is 2.25. The summed E-state index contributed by atoms with van der Waals surface area (Å²) in [7, 11) is 0. The fraction of sp³-hybridized carbons (Fsp3) is 0.550. The van der Waals surface area contributed by atoms with Crippen molar-refractivity contribution >= 4 is 35.8 Å². The van der Waals surface area contributed by atoms with Crippen LogP contribution in [0.1, 0.15) is 30.9 Å². The van der Waals surface area contributed by atoms with Crippen molar-refractivity contribution in [2.75, 3.05) is 39.3 Å². The molecule has 8 heteroatoms. The van der Waals surface area contributed by atoms with Crippen LogP contribution in [0.15, 0.2) is 29.3 Å². The van der Waals surface area contributed by atoms with Gasteiger partial charge in [-0.2, -0.15) is 5.26 Å². The average Bonchev–Trinajstić information content (AvgIpc) is 3.50. The van der Waals surface area contributed by atoms with Gasteiger partial charge in [-0.05, 0) is 37.5 Å². The van der Waals surface area contributed by atoms with E-state index in [9.17, 15) is 4.79 Å². The van der Waals surface area contributed by atoms with E-state index in [2.05, 4.69) is 33.4 Å². The molecule has 1 heterocycles. The van der Waals surface area contributed by atoms with E-state index in [1.165, 1.54) is 0 Å². The Balaban J connectivity index is 0.00000280. The number of hydrogen-bond donors (Lipinski definition) is 2. The molecule has 0 aromatic heterocycles. The van der Waals surface area contributed by atoms with Gasteiger partial charge in [0.2, 0.25) is 5.91 Å². The highest BCUT2D eigenvalue weighted by atomic mass is 127. The maximum atomic E-state index is 12.0. The Bertz CT molecular complexity index is 702. The molecule has 2 fully saturated rings. The van der Waals surface area contributed by atoms with Crippen molar-refractivity contribution in [3.8, 4) is 6.07 Å². The fourth-order valence-corrected chi connectivity index (χ4v) is 3.10. The predicted molar refractivity (Wildman–Crippen MR) is 121 cm³/mol. The van der Waals surface area contributed by atoms with Crippen molar-refractivity contribution in [1.29, 1.82) is 5.26 Å². The molecule has 28 heavy (non-hydrogen) atoms. The van der Waals surface area contributed by atoms with E-state index in [1.54, 1.807) is 0 Å². The Labute approximate surface area is 184 Å². The van der Waals surface area contributed by atoms with Crippen LogP contribution in [-0.4, -0.2) is 67.0 Å². The van der Waals surface area contributed by atoms with Crippen molar-refractivity contribution < 1.29 is 4.79 Å². The second-order valence-electron chi connectivity index (χ2n) is 7.08. The number of rotatable bonds is 6. The Hall–Kier alpha value is -1.86. The highest BCUT2D eigenvalue weighted by Gasteiger charge is 2.25. The summed E-state index contributed by atoms with van der Waals surface area (Å²) in [5.41, 5.74) is 1.75. The number of nitrogens with one attached hydrogen (secondary N) is 2. The van der Waals surface area contributed by atoms with Crippen LogP contribution < -0.4 is 10.6 Å².